The summed E-state index contributed by atoms with van der Waals surface area (Å²) in [6.07, 6.45) is 5.74. The van der Waals surface area contributed by atoms with E-state index in [0.29, 0.717) is 65.1 Å². The van der Waals surface area contributed by atoms with Crippen LogP contribution in [-0.4, -0.2) is 132 Å². The van der Waals surface area contributed by atoms with Crippen LogP contribution in [0.3, 0.4) is 0 Å². The number of allylic oxidation sites excluding steroid dienone is 1. The van der Waals surface area contributed by atoms with Crippen LogP contribution in [0, 0.1) is 5.92 Å². The Morgan fingerprint density at radius 1 is 0.964 bits per heavy atom. The van der Waals surface area contributed by atoms with E-state index in [1.807, 2.05) is 30.3 Å². The summed E-state index contributed by atoms with van der Waals surface area (Å²) in [6.45, 7) is 8.50. The molecule has 1 spiro atoms. The lowest BCUT2D eigenvalue weighted by atomic mass is 9.68. The van der Waals surface area contributed by atoms with Gasteiger partial charge in [0.2, 0.25) is 17.7 Å². The van der Waals surface area contributed by atoms with E-state index in [-0.39, 0.29) is 93.1 Å². The average molecular weight is 789 g/mol. The van der Waals surface area contributed by atoms with Crippen molar-refractivity contribution in [1.82, 2.24) is 21.3 Å². The van der Waals surface area contributed by atoms with Crippen molar-refractivity contribution in [2.45, 2.75) is 109 Å². The molecule has 15 heteroatoms. The van der Waals surface area contributed by atoms with E-state index < -0.39 is 11.9 Å². The normalized spacial score (nSPS) is 25.2. The SMILES string of the molecule is C.COC1C(OC(=O)CCCOCCOCCNC(=O)CCN[C@@H](Cc2ccccc2)C(=O)NCC(=O)NCC=O)CC[C@]2(CO2)C1[C@@]1(C)O[C@@H]1CC=C(C)C. The van der Waals surface area contributed by atoms with Gasteiger partial charge in [0.25, 0.3) is 0 Å². The Hall–Kier alpha value is -3.73. The number of ether oxygens (including phenoxy) is 6. The van der Waals surface area contributed by atoms with Crippen LogP contribution in [0.25, 0.3) is 0 Å². The minimum Gasteiger partial charge on any atom is -0.460 e. The Morgan fingerprint density at radius 3 is 2.38 bits per heavy atom. The molecule has 56 heavy (non-hydrogen) atoms. The molecule has 0 bridgehead atoms. The van der Waals surface area contributed by atoms with Gasteiger partial charge in [0, 0.05) is 39.6 Å². The van der Waals surface area contributed by atoms with Gasteiger partial charge in [-0.1, -0.05) is 49.4 Å². The first-order chi connectivity index (χ1) is 26.5. The van der Waals surface area contributed by atoms with E-state index >= 15 is 0 Å². The van der Waals surface area contributed by atoms with E-state index in [1.165, 1.54) is 5.57 Å². The zero-order valence-electron chi connectivity index (χ0n) is 32.7. The quantitative estimate of drug-likeness (QED) is 0.0352. The number of carbonyl (C=O) groups excluding carboxylic acids is 5. The maximum Gasteiger partial charge on any atom is 0.306 e. The van der Waals surface area contributed by atoms with Crippen LogP contribution < -0.4 is 21.3 Å². The first kappa shape index (κ1) is 46.7. The lowest BCUT2D eigenvalue weighted by Crippen LogP contribution is -2.55. The van der Waals surface area contributed by atoms with Gasteiger partial charge < -0.3 is 54.5 Å². The van der Waals surface area contributed by atoms with E-state index in [2.05, 4.69) is 48.1 Å². The van der Waals surface area contributed by atoms with Crippen molar-refractivity contribution in [3.8, 4) is 0 Å². The van der Waals surface area contributed by atoms with Crippen molar-refractivity contribution in [2.75, 3.05) is 66.3 Å². The summed E-state index contributed by atoms with van der Waals surface area (Å²) in [7, 11) is 1.67. The first-order valence-electron chi connectivity index (χ1n) is 19.4. The topological polar surface area (TPSA) is 195 Å². The van der Waals surface area contributed by atoms with Crippen LogP contribution in [0.2, 0.25) is 0 Å². The molecule has 2 saturated heterocycles. The molecule has 2 heterocycles. The van der Waals surface area contributed by atoms with Crippen molar-refractivity contribution in [3.63, 3.8) is 0 Å². The second-order valence-corrected chi connectivity index (χ2v) is 14.7. The Balaban J connectivity index is 0.00000841. The van der Waals surface area contributed by atoms with E-state index in [4.69, 9.17) is 28.4 Å². The van der Waals surface area contributed by atoms with E-state index in [9.17, 15) is 24.0 Å². The highest BCUT2D eigenvalue weighted by molar-refractivity contribution is 5.88. The molecule has 4 rings (SSSR count). The molecule has 4 N–H and O–H groups in total. The summed E-state index contributed by atoms with van der Waals surface area (Å²) < 4.78 is 35.3. The minimum absolute atomic E-state index is 0. The van der Waals surface area contributed by atoms with Crippen LogP contribution in [-0.2, 0) is 58.8 Å². The van der Waals surface area contributed by atoms with Crippen LogP contribution in [0.1, 0.15) is 72.3 Å². The van der Waals surface area contributed by atoms with Crippen LogP contribution in [0.15, 0.2) is 42.0 Å². The van der Waals surface area contributed by atoms with Gasteiger partial charge in [0.05, 0.1) is 57.6 Å². The second kappa shape index (κ2) is 23.5. The lowest BCUT2D eigenvalue weighted by molar-refractivity contribution is -0.172. The van der Waals surface area contributed by atoms with Gasteiger partial charge in [-0.05, 0) is 58.4 Å². The monoisotopic (exact) mass is 788 g/mol. The summed E-state index contributed by atoms with van der Waals surface area (Å²) in [5.74, 6) is -1.36. The fraction of sp³-hybridized carbons (Fsp3) is 0.683. The number of benzene rings is 1. The Morgan fingerprint density at radius 2 is 1.70 bits per heavy atom. The van der Waals surface area contributed by atoms with Gasteiger partial charge in [-0.3, -0.25) is 19.2 Å². The zero-order valence-corrected chi connectivity index (χ0v) is 32.7. The van der Waals surface area contributed by atoms with Crippen molar-refractivity contribution in [1.29, 1.82) is 0 Å². The third-order valence-corrected chi connectivity index (χ3v) is 10.3. The number of methoxy groups -OCH3 is 1. The van der Waals surface area contributed by atoms with Crippen LogP contribution >= 0.6 is 0 Å². The van der Waals surface area contributed by atoms with Gasteiger partial charge >= 0.3 is 5.97 Å². The maximum absolute atomic E-state index is 12.8. The number of carbonyl (C=O) groups is 5. The molecule has 1 aromatic rings. The maximum atomic E-state index is 12.8. The molecule has 3 unspecified atom stereocenters. The molecule has 3 amide bonds. The van der Waals surface area contributed by atoms with E-state index in [1.54, 1.807) is 7.11 Å². The summed E-state index contributed by atoms with van der Waals surface area (Å²) in [5, 5.41) is 10.8. The van der Waals surface area contributed by atoms with Crippen molar-refractivity contribution in [3.05, 3.63) is 47.5 Å². The van der Waals surface area contributed by atoms with Crippen LogP contribution in [0.4, 0.5) is 0 Å². The summed E-state index contributed by atoms with van der Waals surface area (Å²) in [6, 6.07) is 8.73. The number of nitrogens with one attached hydrogen (secondary N) is 4. The number of rotatable bonds is 26. The summed E-state index contributed by atoms with van der Waals surface area (Å²) in [4.78, 5) is 60.2. The molecule has 2 aliphatic heterocycles. The first-order valence-corrected chi connectivity index (χ1v) is 19.4. The Bertz CT molecular complexity index is 1440. The van der Waals surface area contributed by atoms with Gasteiger partial charge in [0.15, 0.2) is 0 Å². The highest BCUT2D eigenvalue weighted by Gasteiger charge is 2.72. The standard InChI is InChI=1S/C40H60N4O11.CH4/c1-28(2)12-13-32-39(3,55-32)37-36(50-4)31(14-16-40(37)27-53-40)54-35(48)11-8-21-51-23-24-52-22-19-43-33(46)15-17-41-30(25-29-9-6-5-7-10-29)38(49)44-26-34(47)42-18-20-45;/h5-7,9-10,12,20,30-32,36-37,41H,8,11,13-19,21-27H2,1-4H3,(H,42,47)(H,43,46)(H,44,49);1H4/t30-,31?,32+,36?,37?,39-,40-;/m0./s1. The summed E-state index contributed by atoms with van der Waals surface area (Å²) in [5.41, 5.74) is 1.52. The zero-order chi connectivity index (χ0) is 39.7. The van der Waals surface area contributed by atoms with Crippen LogP contribution in [0.5, 0.6) is 0 Å². The van der Waals surface area contributed by atoms with E-state index in [0.717, 1.165) is 18.4 Å². The van der Waals surface area contributed by atoms with Crippen molar-refractivity contribution < 1.29 is 52.4 Å². The number of hydrogen-bond acceptors (Lipinski definition) is 12. The van der Waals surface area contributed by atoms with Gasteiger partial charge in [-0.25, -0.2) is 0 Å². The van der Waals surface area contributed by atoms with Crippen molar-refractivity contribution >= 4 is 30.0 Å². The molecule has 0 aromatic heterocycles. The molecular formula is C41H64N4O11. The van der Waals surface area contributed by atoms with Gasteiger partial charge in [-0.15, -0.1) is 0 Å². The molecule has 3 aliphatic rings. The highest BCUT2D eigenvalue weighted by atomic mass is 16.6. The molecular weight excluding hydrogens is 724 g/mol. The third-order valence-electron chi connectivity index (χ3n) is 10.3. The second-order valence-electron chi connectivity index (χ2n) is 14.7. The number of hydrogen-bond donors (Lipinski definition) is 4. The molecule has 3 fully saturated rings. The minimum atomic E-state index is -0.668. The Labute approximate surface area is 331 Å². The number of aldehydes is 1. The van der Waals surface area contributed by atoms with Crippen molar-refractivity contribution in [2.24, 2.45) is 5.92 Å². The molecule has 1 saturated carbocycles. The smallest absolute Gasteiger partial charge is 0.306 e. The Kier molecular flexibility index (Phi) is 19.6. The van der Waals surface area contributed by atoms with Gasteiger partial charge in [-0.2, -0.15) is 0 Å². The number of epoxide rings is 2. The third kappa shape index (κ3) is 14.6. The highest BCUT2D eigenvalue weighted by Crippen LogP contribution is 2.59. The molecule has 1 aliphatic carbocycles. The number of esters is 1. The predicted molar refractivity (Wildman–Crippen MR) is 209 cm³/mol. The predicted octanol–water partition coefficient (Wildman–Crippen LogP) is 2.19. The summed E-state index contributed by atoms with van der Waals surface area (Å²) >= 11 is 0. The molecule has 1 aromatic carbocycles. The fourth-order valence-electron chi connectivity index (χ4n) is 7.27. The average Bonchev–Trinajstić information content (AvgIpc) is 4.09. The number of amides is 3. The molecule has 15 nitrogen and oxygen atoms in total. The largest absolute Gasteiger partial charge is 0.460 e. The molecule has 314 valence electrons. The lowest BCUT2D eigenvalue weighted by Gasteiger charge is -2.42. The van der Waals surface area contributed by atoms with Gasteiger partial charge in [0.1, 0.15) is 29.7 Å². The fourth-order valence-corrected chi connectivity index (χ4v) is 7.27. The molecule has 0 radical (unpaired) electrons. The molecule has 7 atom stereocenters.